The van der Waals surface area contributed by atoms with Crippen LogP contribution in [0.2, 0.25) is 0 Å². The van der Waals surface area contributed by atoms with Gasteiger partial charge in [0.2, 0.25) is 0 Å². The number of hydrogen-bond acceptors (Lipinski definition) is 5. The molecule has 0 radical (unpaired) electrons. The Hall–Kier alpha value is -8.80. The summed E-state index contributed by atoms with van der Waals surface area (Å²) in [5.74, 6) is 1.44. The van der Waals surface area contributed by atoms with Crippen molar-refractivity contribution in [3.8, 4) is 62.7 Å². The summed E-state index contributed by atoms with van der Waals surface area (Å²) in [6.45, 7) is 0. The second-order valence-corrected chi connectivity index (χ2v) is 18.4. The van der Waals surface area contributed by atoms with E-state index in [1.165, 1.54) is 33.0 Å². The zero-order chi connectivity index (χ0) is 47.4. The van der Waals surface area contributed by atoms with Crippen molar-refractivity contribution in [1.82, 2.24) is 24.1 Å². The summed E-state index contributed by atoms with van der Waals surface area (Å²) in [5, 5.41) is 17.8. The molecule has 4 heterocycles. The van der Waals surface area contributed by atoms with Crippen molar-refractivity contribution < 1.29 is 4.42 Å². The van der Waals surface area contributed by atoms with Crippen molar-refractivity contribution in [2.24, 2.45) is 0 Å². The van der Waals surface area contributed by atoms with Crippen LogP contribution in [0, 0.1) is 11.3 Å². The second-order valence-electron chi connectivity index (χ2n) is 18.4. The van der Waals surface area contributed by atoms with Crippen LogP contribution in [0.5, 0.6) is 0 Å². The molecule has 0 aliphatic carbocycles. The van der Waals surface area contributed by atoms with Gasteiger partial charge in [-0.2, -0.15) is 5.26 Å². The summed E-state index contributed by atoms with van der Waals surface area (Å²) in [4.78, 5) is 15.5. The maximum Gasteiger partial charge on any atom is 0.167 e. The minimum absolute atomic E-state index is 0.449. The van der Waals surface area contributed by atoms with Gasteiger partial charge in [-0.15, -0.1) is 5.46 Å². The van der Waals surface area contributed by atoms with Crippen LogP contribution in [0.3, 0.4) is 0 Å². The molecule has 0 aliphatic rings. The molecule has 70 heavy (non-hydrogen) atoms. The van der Waals surface area contributed by atoms with E-state index >= 15 is 0 Å². The van der Waals surface area contributed by atoms with Crippen molar-refractivity contribution in [3.63, 3.8) is 0 Å². The fourth-order valence-electron chi connectivity index (χ4n) is 10.9. The maximum absolute atomic E-state index is 11.2. The zero-order valence-electron chi connectivity index (χ0n) is 39.3. The zero-order valence-corrected chi connectivity index (χ0v) is 39.3. The van der Waals surface area contributed by atoms with Crippen molar-refractivity contribution in [2.45, 2.75) is 0 Å². The lowest BCUT2D eigenvalue weighted by Crippen LogP contribution is -2.56. The Bertz CT molecular complexity index is 4350. The predicted molar refractivity (Wildman–Crippen MR) is 303 cm³/mol. The SMILES string of the molecule is Bc1c(B)c(B)c(-n2c3ccccc3c3c2ccc2c4ccccc4n(-c4ccc(-c5nc(-c6ccc(-c7ccccc7)cc6)nc(-c6cccc7c6oc6ccccc67)n5)cc4C#N)c23)c(B)c1B. The van der Waals surface area contributed by atoms with Gasteiger partial charge in [-0.05, 0) is 59.7 Å². The monoisotopic (exact) mass is 890 g/mol. The smallest absolute Gasteiger partial charge is 0.167 e. The maximum atomic E-state index is 11.2. The number of rotatable bonds is 6. The van der Waals surface area contributed by atoms with Crippen LogP contribution in [-0.4, -0.2) is 63.3 Å². The third kappa shape index (κ3) is 6.18. The predicted octanol–water partition coefficient (Wildman–Crippen LogP) is 5.80. The molecule has 322 valence electrons. The number of nitrogens with zero attached hydrogens (tertiary/aromatic N) is 6. The average Bonchev–Trinajstić information content (AvgIpc) is 4.08. The van der Waals surface area contributed by atoms with E-state index < -0.39 is 0 Å². The number of nitriles is 1. The van der Waals surface area contributed by atoms with Gasteiger partial charge < -0.3 is 13.6 Å². The van der Waals surface area contributed by atoms with Crippen LogP contribution in [0.1, 0.15) is 5.56 Å². The van der Waals surface area contributed by atoms with Gasteiger partial charge in [-0.25, -0.2) is 15.0 Å². The molecule has 9 aromatic carbocycles. The van der Waals surface area contributed by atoms with E-state index in [2.05, 4.69) is 170 Å². The average molecular weight is 890 g/mol. The molecule has 13 aromatic rings. The lowest BCUT2D eigenvalue weighted by atomic mass is 9.61. The van der Waals surface area contributed by atoms with Gasteiger partial charge in [0.25, 0.3) is 0 Å². The molecule has 12 heteroatoms. The van der Waals surface area contributed by atoms with Gasteiger partial charge in [-0.1, -0.05) is 149 Å². The molecule has 0 atom stereocenters. The normalized spacial score (nSPS) is 11.7. The third-order valence-corrected chi connectivity index (χ3v) is 14.8. The first kappa shape index (κ1) is 41.4. The molecule has 0 spiro atoms. The molecule has 0 amide bonds. The molecule has 0 N–H and O–H groups in total. The fourth-order valence-corrected chi connectivity index (χ4v) is 10.9. The van der Waals surface area contributed by atoms with Gasteiger partial charge in [0.05, 0.1) is 38.9 Å². The number of hydrogen-bond donors (Lipinski definition) is 0. The highest BCUT2D eigenvalue weighted by molar-refractivity contribution is 6.68. The van der Waals surface area contributed by atoms with Crippen molar-refractivity contribution >= 4 is 132 Å². The minimum atomic E-state index is 0.449. The Kier molecular flexibility index (Phi) is 9.40. The third-order valence-electron chi connectivity index (χ3n) is 14.8. The molecule has 0 unspecified atom stereocenters. The summed E-state index contributed by atoms with van der Waals surface area (Å²) in [5.41, 5.74) is 19.3. The van der Waals surface area contributed by atoms with Crippen LogP contribution in [-0.2, 0) is 0 Å². The Labute approximate surface area is 408 Å². The van der Waals surface area contributed by atoms with Gasteiger partial charge >= 0.3 is 0 Å². The number of fused-ring (bicyclic) bond motifs is 10. The van der Waals surface area contributed by atoms with Crippen molar-refractivity contribution in [2.75, 3.05) is 0 Å². The van der Waals surface area contributed by atoms with Crippen molar-refractivity contribution in [1.29, 1.82) is 5.26 Å². The first-order chi connectivity index (χ1) is 34.3. The van der Waals surface area contributed by atoms with E-state index in [1.54, 1.807) is 0 Å². The van der Waals surface area contributed by atoms with Crippen LogP contribution in [0.25, 0.3) is 122 Å². The molecule has 13 rings (SSSR count). The van der Waals surface area contributed by atoms with Gasteiger partial charge in [0.15, 0.2) is 17.5 Å². The lowest BCUT2D eigenvalue weighted by molar-refractivity contribution is 0.669. The highest BCUT2D eigenvalue weighted by atomic mass is 16.3. The molecular weight excluding hydrogens is 851 g/mol. The fraction of sp³-hybridized carbons (Fsp3) is 0. The summed E-state index contributed by atoms with van der Waals surface area (Å²) in [7, 11) is 11.2. The number of benzene rings is 9. The molecule has 0 aliphatic heterocycles. The van der Waals surface area contributed by atoms with Crippen LogP contribution in [0.15, 0.2) is 180 Å². The molecule has 4 aromatic heterocycles. The van der Waals surface area contributed by atoms with Crippen LogP contribution in [0.4, 0.5) is 0 Å². The first-order valence-corrected chi connectivity index (χ1v) is 23.7. The summed E-state index contributed by atoms with van der Waals surface area (Å²) in [6, 6.07) is 63.2. The molecule has 0 fully saturated rings. The number of para-hydroxylation sites is 4. The van der Waals surface area contributed by atoms with E-state index in [9.17, 15) is 5.26 Å². The lowest BCUT2D eigenvalue weighted by Gasteiger charge is -2.22. The quantitative estimate of drug-likeness (QED) is 0.198. The number of aromatic nitrogens is 5. The topological polar surface area (TPSA) is 85.5 Å². The first-order valence-electron chi connectivity index (χ1n) is 23.7. The van der Waals surface area contributed by atoms with Crippen LogP contribution >= 0.6 is 0 Å². The van der Waals surface area contributed by atoms with E-state index in [4.69, 9.17) is 19.4 Å². The summed E-state index contributed by atoms with van der Waals surface area (Å²) < 4.78 is 11.3. The highest BCUT2D eigenvalue weighted by Crippen LogP contribution is 2.43. The van der Waals surface area contributed by atoms with Gasteiger partial charge in [0, 0.05) is 49.1 Å². The van der Waals surface area contributed by atoms with E-state index in [1.807, 2.05) is 60.7 Å². The molecule has 0 saturated carbocycles. The molecule has 0 bridgehead atoms. The minimum Gasteiger partial charge on any atom is -0.455 e. The molecule has 0 saturated heterocycles. The van der Waals surface area contributed by atoms with Gasteiger partial charge in [0.1, 0.15) is 56.5 Å². The van der Waals surface area contributed by atoms with E-state index in [0.717, 1.165) is 87.9 Å². The standard InChI is InChI=1S/C58H39B5N6O/c59-48-49(60)51(62)54(52(63)50(48)61)69-44-19-8-5-15-40(44)47-45(69)28-26-38-36-13-4-7-18-43(36)68(53(38)47)42-27-25-34(29-35(42)30-64)57-65-56(33-23-21-32(22-24-33)31-11-2-1-3-12-31)66-58(67-57)41-17-10-16-39-37-14-6-9-20-46(37)70-55(39)41/h1-29H,59-63H2. The Morgan fingerprint density at radius 2 is 1.00 bits per heavy atom. The Morgan fingerprint density at radius 1 is 0.429 bits per heavy atom. The van der Waals surface area contributed by atoms with Crippen molar-refractivity contribution in [3.05, 3.63) is 181 Å². The van der Waals surface area contributed by atoms with Gasteiger partial charge in [-0.3, -0.25) is 0 Å². The Morgan fingerprint density at radius 3 is 1.74 bits per heavy atom. The second kappa shape index (κ2) is 15.9. The van der Waals surface area contributed by atoms with E-state index in [0.29, 0.717) is 34.2 Å². The summed E-state index contributed by atoms with van der Waals surface area (Å²) >= 11 is 0. The summed E-state index contributed by atoms with van der Waals surface area (Å²) in [6.07, 6.45) is 0. The Balaban J connectivity index is 1.04. The molecular formula is C58H39B5N6O. The highest BCUT2D eigenvalue weighted by Gasteiger charge is 2.25. The number of furan rings is 1. The van der Waals surface area contributed by atoms with E-state index in [-0.39, 0.29) is 0 Å². The van der Waals surface area contributed by atoms with Crippen LogP contribution < -0.4 is 27.3 Å². The largest absolute Gasteiger partial charge is 0.455 e. The molecule has 7 nitrogen and oxygen atoms in total.